The monoisotopic (exact) mass is 360 g/mol. The van der Waals surface area contributed by atoms with Gasteiger partial charge >= 0.3 is 0 Å². The molecule has 140 valence electrons. The van der Waals surface area contributed by atoms with Crippen LogP contribution in [0, 0.1) is 5.82 Å². The third-order valence-corrected chi connectivity index (χ3v) is 4.69. The minimum absolute atomic E-state index is 0.110. The predicted molar refractivity (Wildman–Crippen MR) is 97.6 cm³/mol. The van der Waals surface area contributed by atoms with Crippen molar-refractivity contribution in [3.63, 3.8) is 0 Å². The van der Waals surface area contributed by atoms with E-state index in [0.29, 0.717) is 12.6 Å². The molecule has 1 amide bonds. The normalized spacial score (nSPS) is 14.8. The molecule has 0 radical (unpaired) electrons. The molecule has 7 heteroatoms. The lowest BCUT2D eigenvalue weighted by Gasteiger charge is -2.18. The SMILES string of the molecule is COc1ccc(CN(C)CC(=O)Nc2ccnn2C2CCCC2)cc1F. The van der Waals surface area contributed by atoms with Crippen molar-refractivity contribution in [3.8, 4) is 5.75 Å². The Labute approximate surface area is 152 Å². The third kappa shape index (κ3) is 4.40. The fraction of sp³-hybridized carbons (Fsp3) is 0.474. The van der Waals surface area contributed by atoms with Crippen LogP contribution in [0.1, 0.15) is 37.3 Å². The van der Waals surface area contributed by atoms with E-state index in [4.69, 9.17) is 4.74 Å². The maximum absolute atomic E-state index is 13.8. The summed E-state index contributed by atoms with van der Waals surface area (Å²) in [4.78, 5) is 14.2. The summed E-state index contributed by atoms with van der Waals surface area (Å²) in [5.41, 5.74) is 0.787. The van der Waals surface area contributed by atoms with Crippen LogP contribution in [0.25, 0.3) is 0 Å². The number of amides is 1. The maximum Gasteiger partial charge on any atom is 0.239 e. The van der Waals surface area contributed by atoms with E-state index in [-0.39, 0.29) is 18.2 Å². The van der Waals surface area contributed by atoms with E-state index in [9.17, 15) is 9.18 Å². The second kappa shape index (κ2) is 8.31. The molecular weight excluding hydrogens is 335 g/mol. The quantitative estimate of drug-likeness (QED) is 0.824. The number of hydrogen-bond donors (Lipinski definition) is 1. The van der Waals surface area contributed by atoms with Gasteiger partial charge < -0.3 is 10.1 Å². The molecule has 1 aromatic heterocycles. The minimum Gasteiger partial charge on any atom is -0.494 e. The number of hydrogen-bond acceptors (Lipinski definition) is 4. The summed E-state index contributed by atoms with van der Waals surface area (Å²) in [6.45, 7) is 0.680. The first-order valence-electron chi connectivity index (χ1n) is 8.91. The van der Waals surface area contributed by atoms with Crippen LogP contribution in [0.5, 0.6) is 5.75 Å². The molecule has 1 saturated carbocycles. The molecule has 0 atom stereocenters. The highest BCUT2D eigenvalue weighted by Gasteiger charge is 2.20. The third-order valence-electron chi connectivity index (χ3n) is 4.69. The summed E-state index contributed by atoms with van der Waals surface area (Å²) in [5.74, 6) is 0.449. The average Bonchev–Trinajstić information content (AvgIpc) is 3.25. The Morgan fingerprint density at radius 2 is 2.15 bits per heavy atom. The zero-order valence-electron chi connectivity index (χ0n) is 15.2. The van der Waals surface area contributed by atoms with Crippen molar-refractivity contribution < 1.29 is 13.9 Å². The number of aromatic nitrogens is 2. The molecule has 0 spiro atoms. The first-order valence-corrected chi connectivity index (χ1v) is 8.91. The fourth-order valence-corrected chi connectivity index (χ4v) is 3.46. The topological polar surface area (TPSA) is 59.4 Å². The van der Waals surface area contributed by atoms with Crippen LogP contribution in [0.3, 0.4) is 0 Å². The second-order valence-electron chi connectivity index (χ2n) is 6.79. The lowest BCUT2D eigenvalue weighted by Crippen LogP contribution is -2.30. The van der Waals surface area contributed by atoms with Crippen LogP contribution < -0.4 is 10.1 Å². The highest BCUT2D eigenvalue weighted by atomic mass is 19.1. The van der Waals surface area contributed by atoms with Gasteiger partial charge in [0.25, 0.3) is 0 Å². The minimum atomic E-state index is -0.400. The van der Waals surface area contributed by atoms with Crippen molar-refractivity contribution in [2.75, 3.05) is 26.0 Å². The van der Waals surface area contributed by atoms with E-state index in [1.807, 2.05) is 22.7 Å². The standard InChI is InChI=1S/C19H25FN4O2/c1-23(12-14-7-8-17(26-2)16(20)11-14)13-19(25)22-18-9-10-21-24(18)15-5-3-4-6-15/h7-11,15H,3-6,12-13H2,1-2H3,(H,22,25). The molecule has 0 bridgehead atoms. The molecule has 2 aromatic rings. The van der Waals surface area contributed by atoms with Gasteiger partial charge in [-0.25, -0.2) is 9.07 Å². The van der Waals surface area contributed by atoms with Gasteiger partial charge in [0, 0.05) is 12.6 Å². The Morgan fingerprint density at radius 1 is 1.38 bits per heavy atom. The molecule has 1 heterocycles. The molecule has 1 aliphatic rings. The number of ether oxygens (including phenoxy) is 1. The summed E-state index contributed by atoms with van der Waals surface area (Å²) in [5, 5.41) is 7.30. The molecule has 1 N–H and O–H groups in total. The zero-order chi connectivity index (χ0) is 18.5. The lowest BCUT2D eigenvalue weighted by atomic mass is 10.2. The van der Waals surface area contributed by atoms with Crippen molar-refractivity contribution in [2.45, 2.75) is 38.3 Å². The molecule has 0 saturated heterocycles. The van der Waals surface area contributed by atoms with Crippen molar-refractivity contribution in [2.24, 2.45) is 0 Å². The summed E-state index contributed by atoms with van der Waals surface area (Å²) < 4.78 is 20.6. The Balaban J connectivity index is 1.55. The van der Waals surface area contributed by atoms with Gasteiger partial charge in [-0.05, 0) is 37.6 Å². The van der Waals surface area contributed by atoms with Crippen LogP contribution in [-0.2, 0) is 11.3 Å². The number of carbonyl (C=O) groups excluding carboxylic acids is 1. The van der Waals surface area contributed by atoms with Gasteiger partial charge in [0.05, 0.1) is 25.9 Å². The zero-order valence-corrected chi connectivity index (χ0v) is 15.2. The molecule has 0 unspecified atom stereocenters. The van der Waals surface area contributed by atoms with Crippen LogP contribution >= 0.6 is 0 Å². The number of nitrogens with zero attached hydrogens (tertiary/aromatic N) is 3. The lowest BCUT2D eigenvalue weighted by molar-refractivity contribution is -0.117. The van der Waals surface area contributed by atoms with Crippen molar-refractivity contribution >= 4 is 11.7 Å². The highest BCUT2D eigenvalue weighted by molar-refractivity contribution is 5.91. The fourth-order valence-electron chi connectivity index (χ4n) is 3.46. The Hall–Kier alpha value is -2.41. The summed E-state index contributed by atoms with van der Waals surface area (Å²) in [6.07, 6.45) is 6.34. The average molecular weight is 360 g/mol. The Morgan fingerprint density at radius 3 is 2.85 bits per heavy atom. The van der Waals surface area contributed by atoms with Gasteiger partial charge in [0.1, 0.15) is 5.82 Å². The van der Waals surface area contributed by atoms with Crippen molar-refractivity contribution in [1.82, 2.24) is 14.7 Å². The summed E-state index contributed by atoms with van der Waals surface area (Å²) in [7, 11) is 3.26. The van der Waals surface area contributed by atoms with E-state index in [1.54, 1.807) is 18.3 Å². The highest BCUT2D eigenvalue weighted by Crippen LogP contribution is 2.31. The van der Waals surface area contributed by atoms with Gasteiger partial charge in [-0.2, -0.15) is 5.10 Å². The number of anilines is 1. The molecule has 1 aliphatic carbocycles. The molecular formula is C19H25FN4O2. The van der Waals surface area contributed by atoms with Gasteiger partial charge in [-0.1, -0.05) is 18.9 Å². The van der Waals surface area contributed by atoms with Crippen LogP contribution in [0.2, 0.25) is 0 Å². The number of benzene rings is 1. The van der Waals surface area contributed by atoms with E-state index in [1.165, 1.54) is 26.0 Å². The molecule has 1 aromatic carbocycles. The molecule has 0 aliphatic heterocycles. The smallest absolute Gasteiger partial charge is 0.239 e. The molecule has 6 nitrogen and oxygen atoms in total. The largest absolute Gasteiger partial charge is 0.494 e. The Kier molecular flexibility index (Phi) is 5.88. The number of nitrogens with one attached hydrogen (secondary N) is 1. The van der Waals surface area contributed by atoms with Gasteiger partial charge in [0.15, 0.2) is 11.6 Å². The number of rotatable bonds is 7. The van der Waals surface area contributed by atoms with Gasteiger partial charge in [-0.3, -0.25) is 9.69 Å². The van der Waals surface area contributed by atoms with Crippen LogP contribution in [0.4, 0.5) is 10.2 Å². The summed E-state index contributed by atoms with van der Waals surface area (Å²) in [6, 6.07) is 7.03. The summed E-state index contributed by atoms with van der Waals surface area (Å²) >= 11 is 0. The second-order valence-corrected chi connectivity index (χ2v) is 6.79. The van der Waals surface area contributed by atoms with E-state index >= 15 is 0 Å². The molecule has 26 heavy (non-hydrogen) atoms. The number of methoxy groups -OCH3 is 1. The van der Waals surface area contributed by atoms with Crippen LogP contribution in [-0.4, -0.2) is 41.3 Å². The first kappa shape index (κ1) is 18.4. The number of likely N-dealkylation sites (N-methyl/N-ethyl adjacent to an activating group) is 1. The van der Waals surface area contributed by atoms with E-state index in [0.717, 1.165) is 24.2 Å². The molecule has 1 fully saturated rings. The van der Waals surface area contributed by atoms with E-state index < -0.39 is 5.82 Å². The van der Waals surface area contributed by atoms with Crippen molar-refractivity contribution in [3.05, 3.63) is 41.8 Å². The Bertz CT molecular complexity index is 756. The van der Waals surface area contributed by atoms with Crippen LogP contribution in [0.15, 0.2) is 30.5 Å². The number of carbonyl (C=O) groups is 1. The predicted octanol–water partition coefficient (Wildman–Crippen LogP) is 3.22. The first-order chi connectivity index (χ1) is 12.6. The van der Waals surface area contributed by atoms with Crippen molar-refractivity contribution in [1.29, 1.82) is 0 Å². The van der Waals surface area contributed by atoms with Gasteiger partial charge in [-0.15, -0.1) is 0 Å². The van der Waals surface area contributed by atoms with E-state index in [2.05, 4.69) is 10.4 Å². The maximum atomic E-state index is 13.8. The van der Waals surface area contributed by atoms with Gasteiger partial charge in [0.2, 0.25) is 5.91 Å². The molecule has 3 rings (SSSR count). The number of halogens is 1.